The molecule has 2 aromatic carbocycles. The number of fused-ring (bicyclic) bond motifs is 2. The normalized spacial score (nSPS) is 14.8. The first-order chi connectivity index (χ1) is 18.7. The van der Waals surface area contributed by atoms with Crippen molar-refractivity contribution < 1.29 is 14.4 Å². The Bertz CT molecular complexity index is 1190. The highest BCUT2D eigenvalue weighted by Crippen LogP contribution is 2.34. The first-order valence-electron chi connectivity index (χ1n) is 13.9. The van der Waals surface area contributed by atoms with Crippen molar-refractivity contribution in [2.75, 3.05) is 49.6 Å². The number of hydrogen-bond acceptors (Lipinski definition) is 6. The summed E-state index contributed by atoms with van der Waals surface area (Å²) < 4.78 is 0. The fraction of sp³-hybridized carbons (Fsp3) is 0.500. The van der Waals surface area contributed by atoms with Crippen LogP contribution in [-0.2, 0) is 33.9 Å². The molecule has 0 spiro atoms. The van der Waals surface area contributed by atoms with E-state index in [4.69, 9.17) is 0 Å². The second-order valence-electron chi connectivity index (χ2n) is 10.7. The summed E-state index contributed by atoms with van der Waals surface area (Å²) in [6, 6.07) is 12.7. The van der Waals surface area contributed by atoms with Crippen molar-refractivity contribution in [3.05, 3.63) is 58.7 Å². The number of nitrogens with zero attached hydrogens (tertiary/aromatic N) is 4. The van der Waals surface area contributed by atoms with Gasteiger partial charge in [-0.3, -0.25) is 19.4 Å². The van der Waals surface area contributed by atoms with Crippen molar-refractivity contribution in [3.63, 3.8) is 0 Å². The van der Waals surface area contributed by atoms with Gasteiger partial charge in [0.1, 0.15) is 0 Å². The van der Waals surface area contributed by atoms with E-state index in [9.17, 15) is 14.4 Å². The van der Waals surface area contributed by atoms with Gasteiger partial charge in [-0.15, -0.1) is 0 Å². The van der Waals surface area contributed by atoms with Crippen LogP contribution in [-0.4, -0.2) is 73.6 Å². The Labute approximate surface area is 232 Å². The van der Waals surface area contributed by atoms with Crippen LogP contribution in [0.1, 0.15) is 49.4 Å². The molecular formula is C30H42N6O3. The number of likely N-dealkylation sites (N-methyl/N-ethyl adjacent to an activating group) is 1. The average molecular weight is 535 g/mol. The molecule has 3 amide bonds. The Morgan fingerprint density at radius 2 is 1.69 bits per heavy atom. The predicted molar refractivity (Wildman–Crippen MR) is 154 cm³/mol. The summed E-state index contributed by atoms with van der Waals surface area (Å²) in [6.07, 6.45) is 1.11. The summed E-state index contributed by atoms with van der Waals surface area (Å²) in [7, 11) is 1.80. The Hall–Kier alpha value is -3.43. The molecule has 39 heavy (non-hydrogen) atoms. The van der Waals surface area contributed by atoms with E-state index in [2.05, 4.69) is 42.7 Å². The number of carbonyl (C=O) groups is 3. The number of hydrogen-bond donors (Lipinski definition) is 2. The third-order valence-electron chi connectivity index (χ3n) is 7.52. The maximum absolute atomic E-state index is 13.6. The van der Waals surface area contributed by atoms with Gasteiger partial charge in [0.2, 0.25) is 11.8 Å². The Kier molecular flexibility index (Phi) is 9.24. The Morgan fingerprint density at radius 3 is 2.33 bits per heavy atom. The number of nitrogens with one attached hydrogen (secondary N) is 2. The molecule has 210 valence electrons. The molecule has 2 aromatic rings. The van der Waals surface area contributed by atoms with Crippen LogP contribution in [0.2, 0.25) is 0 Å². The van der Waals surface area contributed by atoms with Crippen LogP contribution in [0, 0.1) is 6.92 Å². The molecule has 2 heterocycles. The van der Waals surface area contributed by atoms with Gasteiger partial charge in [-0.2, -0.15) is 0 Å². The minimum Gasteiger partial charge on any atom is -0.353 e. The van der Waals surface area contributed by atoms with Crippen LogP contribution < -0.4 is 20.4 Å². The lowest BCUT2D eigenvalue weighted by Gasteiger charge is -2.34. The molecule has 0 aliphatic carbocycles. The number of benzene rings is 2. The lowest BCUT2D eigenvalue weighted by atomic mass is 9.97. The largest absolute Gasteiger partial charge is 0.353 e. The molecule has 2 aliphatic heterocycles. The van der Waals surface area contributed by atoms with Crippen molar-refractivity contribution in [1.82, 2.24) is 20.7 Å². The first-order valence-corrected chi connectivity index (χ1v) is 13.9. The number of amides is 3. The summed E-state index contributed by atoms with van der Waals surface area (Å²) in [5.74, 6) is -0.0848. The molecule has 0 saturated carbocycles. The Balaban J connectivity index is 1.53. The first kappa shape index (κ1) is 28.6. The van der Waals surface area contributed by atoms with E-state index in [-0.39, 0.29) is 30.8 Å². The van der Waals surface area contributed by atoms with Gasteiger partial charge in [0.05, 0.1) is 13.1 Å². The van der Waals surface area contributed by atoms with Gasteiger partial charge in [-0.05, 0) is 54.7 Å². The number of aryl methyl sites for hydroxylation is 2. The fourth-order valence-corrected chi connectivity index (χ4v) is 5.34. The molecular weight excluding hydrogens is 492 g/mol. The minimum absolute atomic E-state index is 0.0665. The van der Waals surface area contributed by atoms with E-state index in [1.54, 1.807) is 12.1 Å². The maximum atomic E-state index is 13.6. The number of carbonyl (C=O) groups excluding carboxylic acids is 3. The van der Waals surface area contributed by atoms with E-state index in [1.165, 1.54) is 11.1 Å². The van der Waals surface area contributed by atoms with Crippen LogP contribution in [0.4, 0.5) is 11.4 Å². The van der Waals surface area contributed by atoms with Crippen LogP contribution in [0.3, 0.4) is 0 Å². The van der Waals surface area contributed by atoms with Gasteiger partial charge in [-0.25, -0.2) is 5.01 Å². The molecule has 9 heteroatoms. The summed E-state index contributed by atoms with van der Waals surface area (Å²) in [6.45, 7) is 11.4. The van der Waals surface area contributed by atoms with Crippen molar-refractivity contribution in [1.29, 1.82) is 0 Å². The molecule has 0 radical (unpaired) electrons. The van der Waals surface area contributed by atoms with Gasteiger partial charge in [-0.1, -0.05) is 38.1 Å². The number of anilines is 2. The molecule has 2 aliphatic rings. The minimum atomic E-state index is -0.132. The molecule has 4 rings (SSSR count). The van der Waals surface area contributed by atoms with Gasteiger partial charge in [0.15, 0.2) is 0 Å². The summed E-state index contributed by atoms with van der Waals surface area (Å²) in [5, 5.41) is 10.00. The zero-order chi connectivity index (χ0) is 28.1. The third kappa shape index (κ3) is 6.78. The molecule has 9 nitrogen and oxygen atoms in total. The molecule has 0 aromatic heterocycles. The fourth-order valence-electron chi connectivity index (χ4n) is 5.34. The lowest BCUT2D eigenvalue weighted by molar-refractivity contribution is -0.145. The highest BCUT2D eigenvalue weighted by atomic mass is 16.2. The standard InChI is InChI=1S/C30H42N6O3/c1-6-36-27-15-22(4)26(16-23(27)11-12-29(36)38)34(19-28(37)32-14-13-31-21(2)3)20-30(39)33(5)35-17-24-9-7-8-10-25(24)18-35/h7-10,15-16,21,31H,6,11-14,17-20H2,1-5H3,(H,32,37). The second kappa shape index (κ2) is 12.6. The monoisotopic (exact) mass is 534 g/mol. The summed E-state index contributed by atoms with van der Waals surface area (Å²) in [5.41, 5.74) is 6.23. The van der Waals surface area contributed by atoms with Crippen molar-refractivity contribution in [2.45, 2.75) is 59.7 Å². The van der Waals surface area contributed by atoms with Crippen molar-refractivity contribution >= 4 is 29.1 Å². The smallest absolute Gasteiger partial charge is 0.256 e. The third-order valence-corrected chi connectivity index (χ3v) is 7.52. The quantitative estimate of drug-likeness (QED) is 0.431. The topological polar surface area (TPSA) is 88.2 Å². The van der Waals surface area contributed by atoms with E-state index in [0.29, 0.717) is 51.6 Å². The highest BCUT2D eigenvalue weighted by Gasteiger charge is 2.29. The number of hydrazine groups is 1. The van der Waals surface area contributed by atoms with Crippen LogP contribution in [0.5, 0.6) is 0 Å². The van der Waals surface area contributed by atoms with Crippen molar-refractivity contribution in [3.8, 4) is 0 Å². The van der Waals surface area contributed by atoms with E-state index in [0.717, 1.165) is 22.5 Å². The molecule has 0 atom stereocenters. The van der Waals surface area contributed by atoms with Gasteiger partial charge >= 0.3 is 0 Å². The zero-order valence-corrected chi connectivity index (χ0v) is 23.9. The molecule has 0 fully saturated rings. The molecule has 0 unspecified atom stereocenters. The maximum Gasteiger partial charge on any atom is 0.256 e. The second-order valence-corrected chi connectivity index (χ2v) is 10.7. The predicted octanol–water partition coefficient (Wildman–Crippen LogP) is 2.60. The summed E-state index contributed by atoms with van der Waals surface area (Å²) in [4.78, 5) is 42.7. The van der Waals surface area contributed by atoms with Crippen LogP contribution >= 0.6 is 0 Å². The molecule has 0 bridgehead atoms. The van der Waals surface area contributed by atoms with Crippen molar-refractivity contribution in [2.24, 2.45) is 0 Å². The summed E-state index contributed by atoms with van der Waals surface area (Å²) >= 11 is 0. The zero-order valence-electron chi connectivity index (χ0n) is 23.9. The lowest BCUT2D eigenvalue weighted by Crippen LogP contribution is -2.48. The van der Waals surface area contributed by atoms with Gasteiger partial charge < -0.3 is 20.4 Å². The van der Waals surface area contributed by atoms with Gasteiger partial charge in [0.25, 0.3) is 5.91 Å². The molecule has 0 saturated heterocycles. The van der Waals surface area contributed by atoms with Crippen LogP contribution in [0.15, 0.2) is 36.4 Å². The van der Waals surface area contributed by atoms with E-state index < -0.39 is 0 Å². The average Bonchev–Trinajstić information content (AvgIpc) is 3.34. The Morgan fingerprint density at radius 1 is 1.00 bits per heavy atom. The molecule has 2 N–H and O–H groups in total. The highest BCUT2D eigenvalue weighted by molar-refractivity contribution is 5.97. The van der Waals surface area contributed by atoms with Gasteiger partial charge in [0, 0.05) is 63.6 Å². The van der Waals surface area contributed by atoms with E-state index >= 15 is 0 Å². The SMILES string of the molecule is CCN1C(=O)CCc2cc(N(CC(=O)NCCNC(C)C)CC(=O)N(C)N3Cc4ccccc4C3)c(C)cc21. The van der Waals surface area contributed by atoms with Crippen LogP contribution in [0.25, 0.3) is 0 Å². The number of rotatable bonds is 11. The van der Waals surface area contributed by atoms with E-state index in [1.807, 2.05) is 46.9 Å².